The van der Waals surface area contributed by atoms with Gasteiger partial charge >= 0.3 is 0 Å². The summed E-state index contributed by atoms with van der Waals surface area (Å²) >= 11 is 6.25. The molecule has 6 nitrogen and oxygen atoms in total. The molecule has 2 aromatic rings. The molecule has 1 amide bonds. The summed E-state index contributed by atoms with van der Waals surface area (Å²) in [6.07, 6.45) is 0.401. The number of hydrogen-bond acceptors (Lipinski definition) is 4. The number of aromatic nitrogens is 2. The molecule has 2 heterocycles. The lowest BCUT2D eigenvalue weighted by molar-refractivity contribution is -0.122. The average molecular weight is 359 g/mol. The highest BCUT2D eigenvalue weighted by molar-refractivity contribution is 6.35. The second-order valence-corrected chi connectivity index (χ2v) is 5.82. The second-order valence-electron chi connectivity index (χ2n) is 5.41. The highest BCUT2D eigenvalue weighted by atomic mass is 35.5. The molecule has 1 aromatic carbocycles. The molecule has 23 heavy (non-hydrogen) atoms. The molecular formula is C15H20Cl2N4O2. The lowest BCUT2D eigenvalue weighted by atomic mass is 10.2. The maximum Gasteiger partial charge on any atom is 0.221 e. The summed E-state index contributed by atoms with van der Waals surface area (Å²) in [7, 11) is 1.87. The van der Waals surface area contributed by atoms with Crippen molar-refractivity contribution in [3.05, 3.63) is 28.9 Å². The first-order valence-corrected chi connectivity index (χ1v) is 7.71. The third-order valence-corrected chi connectivity index (χ3v) is 4.10. The van der Waals surface area contributed by atoms with Crippen molar-refractivity contribution in [2.45, 2.75) is 19.0 Å². The zero-order valence-corrected chi connectivity index (χ0v) is 14.4. The first kappa shape index (κ1) is 18.0. The van der Waals surface area contributed by atoms with Crippen LogP contribution in [0.3, 0.4) is 0 Å². The fourth-order valence-corrected chi connectivity index (χ4v) is 2.98. The Bertz CT molecular complexity index is 683. The van der Waals surface area contributed by atoms with Gasteiger partial charge in [-0.1, -0.05) is 17.7 Å². The number of rotatable bonds is 4. The van der Waals surface area contributed by atoms with Crippen molar-refractivity contribution in [1.29, 1.82) is 0 Å². The van der Waals surface area contributed by atoms with Gasteiger partial charge in [0.1, 0.15) is 0 Å². The van der Waals surface area contributed by atoms with E-state index >= 15 is 0 Å². The Hall–Kier alpha value is -1.34. The highest BCUT2D eigenvalue weighted by Gasteiger charge is 2.18. The van der Waals surface area contributed by atoms with Crippen LogP contribution in [0, 0.1) is 0 Å². The van der Waals surface area contributed by atoms with Crippen molar-refractivity contribution >= 4 is 40.8 Å². The summed E-state index contributed by atoms with van der Waals surface area (Å²) in [6, 6.07) is 5.77. The van der Waals surface area contributed by atoms with E-state index in [1.807, 2.05) is 25.2 Å². The first-order valence-electron chi connectivity index (χ1n) is 7.33. The SMILES string of the molecule is Cl.Cn1nc(CNC(=O)CC2COCCN2)c2c(Cl)cccc21. The van der Waals surface area contributed by atoms with Crippen molar-refractivity contribution < 1.29 is 9.53 Å². The zero-order valence-electron chi connectivity index (χ0n) is 12.8. The number of benzene rings is 1. The largest absolute Gasteiger partial charge is 0.378 e. The van der Waals surface area contributed by atoms with E-state index < -0.39 is 0 Å². The molecule has 126 valence electrons. The van der Waals surface area contributed by atoms with E-state index in [2.05, 4.69) is 15.7 Å². The number of halogens is 2. The van der Waals surface area contributed by atoms with E-state index in [9.17, 15) is 4.79 Å². The minimum Gasteiger partial charge on any atom is -0.378 e. The summed E-state index contributed by atoms with van der Waals surface area (Å²) in [5, 5.41) is 12.2. The Morgan fingerprint density at radius 3 is 3.13 bits per heavy atom. The van der Waals surface area contributed by atoms with Crippen LogP contribution in [0.2, 0.25) is 5.02 Å². The Balaban J connectivity index is 0.00000192. The van der Waals surface area contributed by atoms with E-state index in [0.29, 0.717) is 31.2 Å². The minimum absolute atomic E-state index is 0. The Labute approximate surface area is 145 Å². The molecule has 1 aliphatic heterocycles. The van der Waals surface area contributed by atoms with Crippen molar-refractivity contribution in [1.82, 2.24) is 20.4 Å². The van der Waals surface area contributed by atoms with Gasteiger partial charge in [0.25, 0.3) is 0 Å². The number of nitrogens with one attached hydrogen (secondary N) is 2. The van der Waals surface area contributed by atoms with Crippen LogP contribution in [-0.2, 0) is 23.1 Å². The standard InChI is InChI=1S/C15H19ClN4O2.ClH/c1-20-13-4-2-3-11(16)15(13)12(19-20)8-18-14(21)7-10-9-22-6-5-17-10;/h2-4,10,17H,5-9H2,1H3,(H,18,21);1H. The molecular weight excluding hydrogens is 339 g/mol. The summed E-state index contributed by atoms with van der Waals surface area (Å²) in [5.74, 6) is -0.0196. The van der Waals surface area contributed by atoms with Crippen LogP contribution in [-0.4, -0.2) is 41.5 Å². The third-order valence-electron chi connectivity index (χ3n) is 3.78. The highest BCUT2D eigenvalue weighted by Crippen LogP contribution is 2.26. The Kier molecular flexibility index (Phi) is 6.24. The smallest absolute Gasteiger partial charge is 0.221 e. The van der Waals surface area contributed by atoms with Crippen molar-refractivity contribution in [2.75, 3.05) is 19.8 Å². The lowest BCUT2D eigenvalue weighted by Crippen LogP contribution is -2.44. The van der Waals surface area contributed by atoms with Crippen molar-refractivity contribution in [3.63, 3.8) is 0 Å². The topological polar surface area (TPSA) is 68.2 Å². The number of ether oxygens (including phenoxy) is 1. The number of carbonyl (C=O) groups is 1. The number of carbonyl (C=O) groups excluding carboxylic acids is 1. The summed E-state index contributed by atoms with van der Waals surface area (Å²) in [4.78, 5) is 12.0. The van der Waals surface area contributed by atoms with E-state index in [1.54, 1.807) is 4.68 Å². The van der Waals surface area contributed by atoms with Gasteiger partial charge in [0.05, 0.1) is 36.0 Å². The summed E-state index contributed by atoms with van der Waals surface area (Å²) in [6.45, 7) is 2.44. The Morgan fingerprint density at radius 2 is 2.39 bits per heavy atom. The molecule has 3 rings (SSSR count). The molecule has 1 aliphatic rings. The number of fused-ring (bicyclic) bond motifs is 1. The quantitative estimate of drug-likeness (QED) is 0.871. The fraction of sp³-hybridized carbons (Fsp3) is 0.467. The number of hydrogen-bond donors (Lipinski definition) is 2. The molecule has 0 bridgehead atoms. The normalized spacial score (nSPS) is 17.7. The molecule has 1 fully saturated rings. The first-order chi connectivity index (χ1) is 10.6. The van der Waals surface area contributed by atoms with Gasteiger partial charge in [-0.25, -0.2) is 0 Å². The summed E-state index contributed by atoms with van der Waals surface area (Å²) < 4.78 is 7.12. The van der Waals surface area contributed by atoms with E-state index in [1.165, 1.54) is 0 Å². The molecule has 0 spiro atoms. The molecule has 2 N–H and O–H groups in total. The van der Waals surface area contributed by atoms with Crippen LogP contribution in [0.15, 0.2) is 18.2 Å². The molecule has 1 atom stereocenters. The predicted molar refractivity (Wildman–Crippen MR) is 92.0 cm³/mol. The van der Waals surface area contributed by atoms with Gasteiger partial charge < -0.3 is 15.4 Å². The molecule has 0 aliphatic carbocycles. The maximum atomic E-state index is 12.0. The van der Waals surface area contributed by atoms with Gasteiger partial charge in [0.2, 0.25) is 5.91 Å². The fourth-order valence-electron chi connectivity index (χ4n) is 2.71. The van der Waals surface area contributed by atoms with Crippen LogP contribution < -0.4 is 10.6 Å². The molecule has 8 heteroatoms. The van der Waals surface area contributed by atoms with Crippen LogP contribution in [0.25, 0.3) is 10.9 Å². The third kappa shape index (κ3) is 4.14. The van der Waals surface area contributed by atoms with Gasteiger partial charge in [-0.05, 0) is 12.1 Å². The van der Waals surface area contributed by atoms with E-state index in [0.717, 1.165) is 23.1 Å². The molecule has 1 unspecified atom stereocenters. The number of morpholine rings is 1. The van der Waals surface area contributed by atoms with Crippen LogP contribution in [0.4, 0.5) is 0 Å². The monoisotopic (exact) mass is 358 g/mol. The minimum atomic E-state index is -0.0196. The second kappa shape index (κ2) is 7.97. The van der Waals surface area contributed by atoms with Gasteiger partial charge in [-0.15, -0.1) is 12.4 Å². The van der Waals surface area contributed by atoms with Crippen LogP contribution in [0.1, 0.15) is 12.1 Å². The number of amides is 1. The van der Waals surface area contributed by atoms with Crippen LogP contribution >= 0.6 is 24.0 Å². The average Bonchev–Trinajstić information content (AvgIpc) is 2.84. The van der Waals surface area contributed by atoms with Crippen LogP contribution in [0.5, 0.6) is 0 Å². The molecule has 0 saturated carbocycles. The van der Waals surface area contributed by atoms with Gasteiger partial charge in [-0.3, -0.25) is 9.48 Å². The molecule has 0 radical (unpaired) electrons. The van der Waals surface area contributed by atoms with Gasteiger partial charge in [0.15, 0.2) is 0 Å². The molecule has 1 aromatic heterocycles. The maximum absolute atomic E-state index is 12.0. The van der Waals surface area contributed by atoms with Crippen molar-refractivity contribution in [3.8, 4) is 0 Å². The molecule has 1 saturated heterocycles. The summed E-state index contributed by atoms with van der Waals surface area (Å²) in [5.41, 5.74) is 1.74. The Morgan fingerprint density at radius 1 is 1.57 bits per heavy atom. The zero-order chi connectivity index (χ0) is 15.5. The van der Waals surface area contributed by atoms with Gasteiger partial charge in [-0.2, -0.15) is 5.10 Å². The lowest BCUT2D eigenvalue weighted by Gasteiger charge is -2.23. The van der Waals surface area contributed by atoms with E-state index in [4.69, 9.17) is 16.3 Å². The number of nitrogens with zero attached hydrogens (tertiary/aromatic N) is 2. The predicted octanol–water partition coefficient (Wildman–Crippen LogP) is 1.64. The van der Waals surface area contributed by atoms with E-state index in [-0.39, 0.29) is 24.4 Å². The number of aryl methyl sites for hydroxylation is 1. The van der Waals surface area contributed by atoms with Crippen molar-refractivity contribution in [2.24, 2.45) is 7.05 Å². The van der Waals surface area contributed by atoms with Gasteiger partial charge in [0, 0.05) is 31.4 Å².